The Kier molecular flexibility index (Phi) is 35.0. The molecule has 3 saturated carbocycles. The van der Waals surface area contributed by atoms with E-state index in [0.717, 1.165) is 149 Å². The second kappa shape index (κ2) is 47.7. The van der Waals surface area contributed by atoms with Crippen LogP contribution < -0.4 is 16.0 Å². The van der Waals surface area contributed by atoms with Crippen LogP contribution in [-0.4, -0.2) is 177 Å². The molecule has 3 unspecified atom stereocenters. The fraction of sp³-hybridized carbons (Fsp3) is 0.504. The van der Waals surface area contributed by atoms with Crippen LogP contribution in [0.25, 0.3) is 50.9 Å². The van der Waals surface area contributed by atoms with Crippen molar-refractivity contribution in [2.75, 3.05) is 39.3 Å². The van der Waals surface area contributed by atoms with E-state index >= 15 is 0 Å². The van der Waals surface area contributed by atoms with E-state index in [1.807, 2.05) is 128 Å². The standard InChI is InChI=1S/C43H51F3N4O4.C40H48N4O4S.C36H44N4O4S/c1-4-5-27-6-10-29(11-7-27)30-14-16-31(17-15-30)34-23-47-38(48-24-34)32-12-8-28(9-13-32)22-37(40(52)50-25-35(26-50)41(53)54)49-39(51)33-18-20-36(21-19-33)42(2,3)43(44,45)46;1-2-3-25-4-8-27(9-5-25)28-12-14-29(15-13-28)32-21-41-37(42-22-32)31-10-6-26(7-11-31)20-34(39(46)44-23-33(24-44)40(47)48)43-38(45)36-19-18-35(49-36)30-16-17-30;1-35(2,3)27-13-11-23(12-14-27)25-18-37-31(38-19-25)24-9-7-22(8-10-24)17-28(33(42)40-20-26(21-40)34(43)44)39-32(41)29-15-16-30(45-29)36(4,5)6/h8-9,12-13,16,18-21,23-24,27,29-30,35,37H,4-7,10-11,14-15,17,22,25-26H2,1-3H3,(H,49,51)(H,53,54);6-7,10-11,14,18-19,21-22,25,27-28,30,33-34H,2-5,8-9,12-13,15-17,20,23-24H2,1H3,(H,43,45)(H,47,48);7-11,15-16,18-19,26-28H,12-14,17,20-21H2,1-6H3,(H,39,41)(H,43,44)/t27?,29?,30?,37-;25?,27?,28?,34-;27?,28-/m000/s1. The number of rotatable bonds is 32. The van der Waals surface area contributed by atoms with Crippen molar-refractivity contribution in [3.63, 3.8) is 0 Å². The van der Waals surface area contributed by atoms with E-state index in [1.165, 1.54) is 186 Å². The van der Waals surface area contributed by atoms with Crippen LogP contribution in [0.3, 0.4) is 0 Å². The van der Waals surface area contributed by atoms with Gasteiger partial charge in [-0.2, -0.15) is 13.2 Å². The number of nitrogens with one attached hydrogen (secondary N) is 3. The fourth-order valence-corrected chi connectivity index (χ4v) is 24.3. The van der Waals surface area contributed by atoms with Crippen LogP contribution in [0.4, 0.5) is 13.2 Å². The molecule has 6 fully saturated rings. The molecule has 24 nitrogen and oxygen atoms in total. The third kappa shape index (κ3) is 27.3. The minimum Gasteiger partial charge on any atom is -0.481 e. The first kappa shape index (κ1) is 108. The zero-order valence-electron chi connectivity index (χ0n) is 86.9. The minimum atomic E-state index is -4.48. The third-order valence-electron chi connectivity index (χ3n) is 32.5. The summed E-state index contributed by atoms with van der Waals surface area (Å²) in [7, 11) is 0. The van der Waals surface area contributed by atoms with Crippen molar-refractivity contribution in [3.8, 4) is 34.2 Å². The SMILES string of the molecule is CC(C)(C)c1ccc(C(=O)N[C@@H](Cc2ccc(-c3ncc(C4=CCC(C(C)(C)C)CC4)cn3)cc2)C(=O)N2CC(C(=O)O)C2)s1.CCCC1CCC(C2CC=C(c3cnc(-c4ccc(C[C@H](NC(=O)c5ccc(C(C)(C)C(F)(F)F)cc5)C(=O)N5CC(C(=O)O)C5)cc4)nc3)CC2)CC1.CCCC1CCC(C2CC=C(c3cnc(-c4ccc(C[C@H](NC(=O)c5ccc(C6CC6)s5)C(=O)N5CC(C(=O)O)C5)cc4)nc3)CC2)CC1. The van der Waals surface area contributed by atoms with E-state index in [-0.39, 0.29) is 92.3 Å². The number of hydrogen-bond acceptors (Lipinski definition) is 17. The molecule has 6 N–H and O–H groups in total. The molecule has 6 aliphatic carbocycles. The van der Waals surface area contributed by atoms with E-state index in [0.29, 0.717) is 50.9 Å². The number of amides is 6. The Morgan fingerprint density at radius 2 is 0.730 bits per heavy atom. The highest BCUT2D eigenvalue weighted by molar-refractivity contribution is 7.14. The number of likely N-dealkylation sites (tertiary alicyclic amines) is 3. The highest BCUT2D eigenvalue weighted by Crippen LogP contribution is 2.48. The Labute approximate surface area is 875 Å². The Morgan fingerprint density at radius 3 is 1.03 bits per heavy atom. The van der Waals surface area contributed by atoms with Gasteiger partial charge >= 0.3 is 24.1 Å². The van der Waals surface area contributed by atoms with Crippen molar-refractivity contribution in [1.29, 1.82) is 0 Å². The summed E-state index contributed by atoms with van der Waals surface area (Å²) in [5, 5.41) is 36.6. The summed E-state index contributed by atoms with van der Waals surface area (Å²) >= 11 is 2.91. The first-order valence-corrected chi connectivity index (χ1v) is 55.1. The van der Waals surface area contributed by atoms with E-state index in [2.05, 4.69) is 110 Å². The lowest BCUT2D eigenvalue weighted by molar-refractivity contribution is -0.180. The van der Waals surface area contributed by atoms with Crippen molar-refractivity contribution in [2.45, 2.75) is 277 Å². The molecular weight excluding hydrogens is 1910 g/mol. The molecule has 18 rings (SSSR count). The summed E-state index contributed by atoms with van der Waals surface area (Å²) in [4.78, 5) is 150. The van der Waals surface area contributed by atoms with Gasteiger partial charge in [-0.3, -0.25) is 43.2 Å². The maximum atomic E-state index is 13.6. The molecule has 3 aliphatic heterocycles. The summed E-state index contributed by atoms with van der Waals surface area (Å²) in [6.45, 7) is 20.6. The summed E-state index contributed by atoms with van der Waals surface area (Å²) in [6.07, 6.45) is 43.9. The van der Waals surface area contributed by atoms with Gasteiger partial charge in [-0.15, -0.1) is 22.7 Å². The molecule has 0 spiro atoms. The maximum absolute atomic E-state index is 13.6. The smallest absolute Gasteiger partial charge is 0.397 e. The summed E-state index contributed by atoms with van der Waals surface area (Å²) in [6, 6.07) is 33.0. The number of halogens is 3. The van der Waals surface area contributed by atoms with Crippen LogP contribution in [0.5, 0.6) is 0 Å². The van der Waals surface area contributed by atoms with E-state index in [1.54, 1.807) is 6.07 Å². The topological polar surface area (TPSA) is 337 Å². The van der Waals surface area contributed by atoms with Crippen LogP contribution in [0.2, 0.25) is 0 Å². The molecule has 6 amide bonds. The number of benzene rings is 4. The van der Waals surface area contributed by atoms with Gasteiger partial charge in [0.2, 0.25) is 17.7 Å². The molecule has 8 heterocycles. The van der Waals surface area contributed by atoms with Crippen LogP contribution in [0, 0.1) is 64.6 Å². The third-order valence-corrected chi connectivity index (χ3v) is 35.2. The molecule has 148 heavy (non-hydrogen) atoms. The van der Waals surface area contributed by atoms with Gasteiger partial charge in [-0.05, 0) is 244 Å². The average Bonchev–Trinajstić information content (AvgIpc) is 1.42. The first-order chi connectivity index (χ1) is 70.8. The normalized spacial score (nSPS) is 21.1. The van der Waals surface area contributed by atoms with Crippen LogP contribution in [-0.2, 0) is 58.9 Å². The van der Waals surface area contributed by atoms with Crippen LogP contribution in [0.1, 0.15) is 301 Å². The number of hydrogen-bond donors (Lipinski definition) is 6. The summed E-state index contributed by atoms with van der Waals surface area (Å²) < 4.78 is 40.7. The largest absolute Gasteiger partial charge is 0.481 e. The number of carboxylic acid groups (broad SMARTS) is 3. The number of aromatic nitrogens is 6. The molecule has 0 bridgehead atoms. The molecule has 6 atom stereocenters. The first-order valence-electron chi connectivity index (χ1n) is 53.4. The average molecular weight is 2050 g/mol. The number of carbonyl (C=O) groups excluding carboxylic acids is 6. The van der Waals surface area contributed by atoms with E-state index in [4.69, 9.17) is 9.97 Å². The second-order valence-electron chi connectivity index (χ2n) is 45.3. The maximum Gasteiger partial charge on any atom is 0.397 e. The molecule has 3 saturated heterocycles. The predicted octanol–water partition coefficient (Wildman–Crippen LogP) is 23.0. The van der Waals surface area contributed by atoms with Crippen molar-refractivity contribution in [1.82, 2.24) is 60.6 Å². The molecule has 0 radical (unpaired) electrons. The van der Waals surface area contributed by atoms with Crippen LogP contribution in [0.15, 0.2) is 177 Å². The van der Waals surface area contributed by atoms with Crippen molar-refractivity contribution < 1.29 is 71.6 Å². The monoisotopic (exact) mass is 2050 g/mol. The van der Waals surface area contributed by atoms with E-state index in [9.17, 15) is 71.6 Å². The van der Waals surface area contributed by atoms with Gasteiger partial charge in [0, 0.05) is 144 Å². The second-order valence-corrected chi connectivity index (χ2v) is 47.5. The lowest BCUT2D eigenvalue weighted by Crippen LogP contribution is -2.59. The molecule has 4 aromatic carbocycles. The highest BCUT2D eigenvalue weighted by atomic mass is 32.1. The van der Waals surface area contributed by atoms with Gasteiger partial charge in [0.1, 0.15) is 18.1 Å². The number of carbonyl (C=O) groups is 9. The minimum absolute atomic E-state index is 0.00706. The van der Waals surface area contributed by atoms with Crippen molar-refractivity contribution in [3.05, 3.63) is 241 Å². The van der Waals surface area contributed by atoms with E-state index < -0.39 is 77.2 Å². The molecule has 784 valence electrons. The number of allylic oxidation sites excluding steroid dienone is 6. The Bertz CT molecular complexity index is 6250. The summed E-state index contributed by atoms with van der Waals surface area (Å²) in [5.41, 5.74) is 10.5. The molecule has 5 aromatic heterocycles. The Balaban J connectivity index is 0.000000159. The van der Waals surface area contributed by atoms with Crippen molar-refractivity contribution in [2.24, 2.45) is 64.6 Å². The van der Waals surface area contributed by atoms with Gasteiger partial charge in [0.15, 0.2) is 17.5 Å². The zero-order chi connectivity index (χ0) is 105. The molecule has 29 heteroatoms. The van der Waals surface area contributed by atoms with Gasteiger partial charge in [0.25, 0.3) is 17.7 Å². The van der Waals surface area contributed by atoms with Crippen LogP contribution >= 0.6 is 22.7 Å². The molecule has 9 aliphatic rings. The Hall–Kier alpha value is -12.2. The fourth-order valence-electron chi connectivity index (χ4n) is 22.2. The number of alkyl halides is 3. The lowest BCUT2D eigenvalue weighted by Gasteiger charge is -2.39. The van der Waals surface area contributed by atoms with Gasteiger partial charge in [-0.1, -0.05) is 210 Å². The molecule has 9 aromatic rings. The number of thiophene rings is 2. The van der Waals surface area contributed by atoms with Gasteiger partial charge < -0.3 is 46.0 Å². The predicted molar refractivity (Wildman–Crippen MR) is 571 cm³/mol. The number of nitrogens with zero attached hydrogens (tertiary/aromatic N) is 9. The summed E-state index contributed by atoms with van der Waals surface area (Å²) in [5.74, 6) is 1.53. The quantitative estimate of drug-likeness (QED) is 0.0228. The lowest BCUT2D eigenvalue weighted by atomic mass is 9.70. The zero-order valence-corrected chi connectivity index (χ0v) is 88.6. The Morgan fingerprint density at radius 1 is 0.385 bits per heavy atom. The number of aliphatic carboxylic acids is 3. The van der Waals surface area contributed by atoms with Gasteiger partial charge in [0.05, 0.1) is 32.9 Å². The molecular formula is C119H143F3N12O12S2. The van der Waals surface area contributed by atoms with Crippen molar-refractivity contribution >= 4 is 92.7 Å². The number of carboxylic acids is 3. The highest BCUT2D eigenvalue weighted by Gasteiger charge is 2.49. The van der Waals surface area contributed by atoms with Gasteiger partial charge in [-0.25, -0.2) is 29.9 Å².